The largest absolute Gasteiger partial charge is 0.417 e. The van der Waals surface area contributed by atoms with Gasteiger partial charge < -0.3 is 9.53 Å². The topological polar surface area (TPSA) is 29.5 Å². The van der Waals surface area contributed by atoms with Gasteiger partial charge in [-0.1, -0.05) is 47.5 Å². The Bertz CT molecular complexity index is 244. The molecule has 0 amide bonds. The van der Waals surface area contributed by atoms with E-state index >= 15 is 0 Å². The van der Waals surface area contributed by atoms with Gasteiger partial charge in [0.1, 0.15) is 0 Å². The Kier molecular flexibility index (Phi) is 9.28. The van der Waals surface area contributed by atoms with Gasteiger partial charge in [0, 0.05) is 13.2 Å². The fourth-order valence-corrected chi connectivity index (χ4v) is 3.29. The molecule has 0 aliphatic carbocycles. The first-order chi connectivity index (χ1) is 9.10. The summed E-state index contributed by atoms with van der Waals surface area (Å²) >= 11 is 0. The molecule has 0 saturated carbocycles. The summed E-state index contributed by atoms with van der Waals surface area (Å²) in [5.74, 6) is 1.19. The first kappa shape index (κ1) is 20.1. The number of aliphatic hydroxyl groups excluding tert-OH is 1. The summed E-state index contributed by atoms with van der Waals surface area (Å²) in [6, 6.07) is 0. The zero-order valence-electron chi connectivity index (χ0n) is 15.0. The second kappa shape index (κ2) is 9.21. The fraction of sp³-hybridized carbons (Fsp3) is 1.00. The molecule has 0 aliphatic rings. The van der Waals surface area contributed by atoms with E-state index in [2.05, 4.69) is 47.7 Å². The Labute approximate surface area is 128 Å². The van der Waals surface area contributed by atoms with Gasteiger partial charge in [0.2, 0.25) is 0 Å². The molecule has 0 aromatic heterocycles. The summed E-state index contributed by atoms with van der Waals surface area (Å²) < 4.78 is 6.18. The van der Waals surface area contributed by atoms with Crippen molar-refractivity contribution in [3.63, 3.8) is 0 Å². The number of rotatable bonds is 10. The van der Waals surface area contributed by atoms with E-state index in [1.54, 1.807) is 0 Å². The van der Waals surface area contributed by atoms with Gasteiger partial charge in [-0.15, -0.1) is 0 Å². The summed E-state index contributed by atoms with van der Waals surface area (Å²) in [5.41, 5.74) is 0. The zero-order valence-corrected chi connectivity index (χ0v) is 16.0. The molecule has 2 nitrogen and oxygen atoms in total. The molecule has 1 N–H and O–H groups in total. The van der Waals surface area contributed by atoms with Crippen molar-refractivity contribution in [3.05, 3.63) is 0 Å². The van der Waals surface area contributed by atoms with Crippen LogP contribution in [0.2, 0.25) is 18.1 Å². The third-order valence-electron chi connectivity index (χ3n) is 4.59. The van der Waals surface area contributed by atoms with Crippen molar-refractivity contribution in [1.29, 1.82) is 0 Å². The van der Waals surface area contributed by atoms with Crippen molar-refractivity contribution in [1.82, 2.24) is 0 Å². The second-order valence-corrected chi connectivity index (χ2v) is 12.9. The standard InChI is InChI=1S/C17H38O2Si/c1-15(2)13-16(14-18)11-9-8-10-12-19-20(6,7)17(3,4)5/h15-16,18H,8-14H2,1-7H3. The van der Waals surface area contributed by atoms with Crippen molar-refractivity contribution < 1.29 is 9.53 Å². The SMILES string of the molecule is CC(C)CC(CO)CCCCCO[Si](C)(C)C(C)(C)C. The molecule has 0 bridgehead atoms. The average molecular weight is 303 g/mol. The summed E-state index contributed by atoms with van der Waals surface area (Å²) in [5, 5.41) is 9.67. The fourth-order valence-electron chi connectivity index (χ4n) is 2.21. The van der Waals surface area contributed by atoms with Crippen molar-refractivity contribution in [2.45, 2.75) is 84.9 Å². The van der Waals surface area contributed by atoms with Gasteiger partial charge in [-0.3, -0.25) is 0 Å². The van der Waals surface area contributed by atoms with E-state index < -0.39 is 8.32 Å². The highest BCUT2D eigenvalue weighted by molar-refractivity contribution is 6.74. The molecule has 0 aliphatic heterocycles. The molecule has 0 radical (unpaired) electrons. The quantitative estimate of drug-likeness (QED) is 0.442. The predicted molar refractivity (Wildman–Crippen MR) is 91.6 cm³/mol. The second-order valence-electron chi connectivity index (χ2n) is 8.14. The van der Waals surface area contributed by atoms with Crippen LogP contribution in [0.5, 0.6) is 0 Å². The van der Waals surface area contributed by atoms with E-state index in [9.17, 15) is 5.11 Å². The van der Waals surface area contributed by atoms with E-state index in [4.69, 9.17) is 4.43 Å². The third kappa shape index (κ3) is 8.43. The Morgan fingerprint density at radius 3 is 2.10 bits per heavy atom. The lowest BCUT2D eigenvalue weighted by Gasteiger charge is -2.36. The van der Waals surface area contributed by atoms with Crippen LogP contribution in [0.25, 0.3) is 0 Å². The summed E-state index contributed by atoms with van der Waals surface area (Å²) in [6.45, 7) is 17.2. The highest BCUT2D eigenvalue weighted by Gasteiger charge is 2.36. The van der Waals surface area contributed by atoms with E-state index in [-0.39, 0.29) is 0 Å². The van der Waals surface area contributed by atoms with Crippen LogP contribution in [0.1, 0.15) is 66.7 Å². The Morgan fingerprint density at radius 2 is 1.65 bits per heavy atom. The van der Waals surface area contributed by atoms with Gasteiger partial charge in [0.15, 0.2) is 8.32 Å². The van der Waals surface area contributed by atoms with Gasteiger partial charge in [0.25, 0.3) is 0 Å². The van der Waals surface area contributed by atoms with E-state index in [0.717, 1.165) is 25.9 Å². The highest BCUT2D eigenvalue weighted by Crippen LogP contribution is 2.36. The first-order valence-electron chi connectivity index (χ1n) is 8.35. The Morgan fingerprint density at radius 1 is 1.05 bits per heavy atom. The van der Waals surface area contributed by atoms with Crippen LogP contribution >= 0.6 is 0 Å². The van der Waals surface area contributed by atoms with E-state index in [0.29, 0.717) is 23.5 Å². The van der Waals surface area contributed by atoms with Crippen LogP contribution in [0, 0.1) is 11.8 Å². The maximum absolute atomic E-state index is 9.35. The minimum atomic E-state index is -1.56. The number of unbranched alkanes of at least 4 members (excludes halogenated alkanes) is 2. The van der Waals surface area contributed by atoms with Crippen LogP contribution in [-0.2, 0) is 4.43 Å². The molecule has 0 spiro atoms. The smallest absolute Gasteiger partial charge is 0.191 e. The molecule has 3 heteroatoms. The van der Waals surface area contributed by atoms with Crippen molar-refractivity contribution in [3.8, 4) is 0 Å². The average Bonchev–Trinajstić information content (AvgIpc) is 2.29. The van der Waals surface area contributed by atoms with Gasteiger partial charge in [0.05, 0.1) is 0 Å². The van der Waals surface area contributed by atoms with Crippen molar-refractivity contribution in [2.75, 3.05) is 13.2 Å². The molecular formula is C17H38O2Si. The first-order valence-corrected chi connectivity index (χ1v) is 11.3. The minimum absolute atomic E-state index is 0.312. The Hall–Kier alpha value is 0.137. The molecule has 1 atom stereocenters. The van der Waals surface area contributed by atoms with Crippen LogP contribution in [-0.4, -0.2) is 26.6 Å². The molecule has 122 valence electrons. The van der Waals surface area contributed by atoms with Crippen LogP contribution in [0.3, 0.4) is 0 Å². The molecular weight excluding hydrogens is 264 g/mol. The van der Waals surface area contributed by atoms with Crippen LogP contribution in [0.4, 0.5) is 0 Å². The third-order valence-corrected chi connectivity index (χ3v) is 9.13. The zero-order chi connectivity index (χ0) is 15.8. The molecule has 20 heavy (non-hydrogen) atoms. The molecule has 0 aromatic rings. The lowest BCUT2D eigenvalue weighted by Crippen LogP contribution is -2.40. The summed E-state index contributed by atoms with van der Waals surface area (Å²) in [4.78, 5) is 0. The molecule has 0 aromatic carbocycles. The van der Waals surface area contributed by atoms with Gasteiger partial charge in [-0.25, -0.2) is 0 Å². The monoisotopic (exact) mass is 302 g/mol. The number of hydrogen-bond acceptors (Lipinski definition) is 2. The molecule has 1 unspecified atom stereocenters. The normalized spacial score (nSPS) is 14.8. The Balaban J connectivity index is 3.72. The summed E-state index contributed by atoms with van der Waals surface area (Å²) in [7, 11) is -1.56. The van der Waals surface area contributed by atoms with Crippen LogP contribution in [0.15, 0.2) is 0 Å². The number of hydrogen-bond donors (Lipinski definition) is 1. The number of aliphatic hydroxyl groups is 1. The lowest BCUT2D eigenvalue weighted by molar-refractivity contribution is 0.193. The molecule has 0 rings (SSSR count). The van der Waals surface area contributed by atoms with E-state index in [1.807, 2.05) is 0 Å². The van der Waals surface area contributed by atoms with E-state index in [1.165, 1.54) is 12.8 Å². The van der Waals surface area contributed by atoms with Crippen LogP contribution < -0.4 is 0 Å². The lowest BCUT2D eigenvalue weighted by atomic mass is 9.93. The molecule has 0 heterocycles. The van der Waals surface area contributed by atoms with Gasteiger partial charge in [-0.05, 0) is 49.2 Å². The molecule has 0 saturated heterocycles. The maximum Gasteiger partial charge on any atom is 0.191 e. The summed E-state index contributed by atoms with van der Waals surface area (Å²) in [6.07, 6.45) is 5.92. The van der Waals surface area contributed by atoms with Crippen molar-refractivity contribution in [2.24, 2.45) is 11.8 Å². The van der Waals surface area contributed by atoms with Gasteiger partial charge >= 0.3 is 0 Å². The van der Waals surface area contributed by atoms with Gasteiger partial charge in [-0.2, -0.15) is 0 Å². The predicted octanol–water partition coefficient (Wildman–Crippen LogP) is 5.22. The highest BCUT2D eigenvalue weighted by atomic mass is 28.4. The molecule has 0 fully saturated rings. The van der Waals surface area contributed by atoms with Crippen molar-refractivity contribution >= 4 is 8.32 Å². The maximum atomic E-state index is 9.35. The minimum Gasteiger partial charge on any atom is -0.417 e.